The SMILES string of the molecule is O=C1c2ccc(O)cc2-c2c(O)cccc21. The minimum Gasteiger partial charge on any atom is -0.508 e. The van der Waals surface area contributed by atoms with E-state index < -0.39 is 0 Å². The summed E-state index contributed by atoms with van der Waals surface area (Å²) in [5, 5.41) is 19.2. The summed E-state index contributed by atoms with van der Waals surface area (Å²) in [5.41, 5.74) is 2.12. The number of hydrogen-bond acceptors (Lipinski definition) is 3. The number of carbonyl (C=O) groups excluding carboxylic acids is 1. The van der Waals surface area contributed by atoms with Crippen LogP contribution in [-0.2, 0) is 0 Å². The Kier molecular flexibility index (Phi) is 1.60. The minimum absolute atomic E-state index is 0.0650. The summed E-state index contributed by atoms with van der Waals surface area (Å²) in [6.07, 6.45) is 0. The summed E-state index contributed by atoms with van der Waals surface area (Å²) < 4.78 is 0. The van der Waals surface area contributed by atoms with Crippen LogP contribution in [0.3, 0.4) is 0 Å². The van der Waals surface area contributed by atoms with E-state index in [9.17, 15) is 15.0 Å². The van der Waals surface area contributed by atoms with Crippen LogP contribution >= 0.6 is 0 Å². The van der Waals surface area contributed by atoms with Crippen LogP contribution in [0.2, 0.25) is 0 Å². The zero-order valence-corrected chi connectivity index (χ0v) is 8.27. The Morgan fingerprint density at radius 1 is 0.875 bits per heavy atom. The molecule has 3 rings (SSSR count). The van der Waals surface area contributed by atoms with Crippen LogP contribution in [0.25, 0.3) is 11.1 Å². The van der Waals surface area contributed by atoms with Crippen molar-refractivity contribution in [1.82, 2.24) is 0 Å². The van der Waals surface area contributed by atoms with Gasteiger partial charge in [-0.05, 0) is 24.3 Å². The largest absolute Gasteiger partial charge is 0.508 e. The van der Waals surface area contributed by atoms with Crippen molar-refractivity contribution in [2.75, 3.05) is 0 Å². The smallest absolute Gasteiger partial charge is 0.194 e. The fourth-order valence-corrected chi connectivity index (χ4v) is 2.09. The molecule has 0 atom stereocenters. The van der Waals surface area contributed by atoms with Gasteiger partial charge in [0.15, 0.2) is 5.78 Å². The number of aromatic hydroxyl groups is 2. The van der Waals surface area contributed by atoms with Gasteiger partial charge in [-0.25, -0.2) is 0 Å². The molecule has 2 aromatic carbocycles. The highest BCUT2D eigenvalue weighted by Gasteiger charge is 2.28. The number of hydrogen-bond donors (Lipinski definition) is 2. The molecule has 0 aliphatic heterocycles. The standard InChI is InChI=1S/C13H8O3/c14-7-4-5-8-10(6-7)12-9(13(8)16)2-1-3-11(12)15/h1-6,14-15H. The topological polar surface area (TPSA) is 57.5 Å². The van der Waals surface area contributed by atoms with Crippen molar-refractivity contribution < 1.29 is 15.0 Å². The molecule has 0 spiro atoms. The highest BCUT2D eigenvalue weighted by atomic mass is 16.3. The molecule has 0 fully saturated rings. The van der Waals surface area contributed by atoms with Crippen molar-refractivity contribution in [2.24, 2.45) is 0 Å². The highest BCUT2D eigenvalue weighted by molar-refractivity contribution is 6.22. The van der Waals surface area contributed by atoms with E-state index >= 15 is 0 Å². The van der Waals surface area contributed by atoms with Gasteiger partial charge >= 0.3 is 0 Å². The predicted molar refractivity (Wildman–Crippen MR) is 58.6 cm³/mol. The first kappa shape index (κ1) is 8.97. The molecule has 1 aliphatic rings. The lowest BCUT2D eigenvalue weighted by Crippen LogP contribution is -1.93. The molecule has 0 bridgehead atoms. The van der Waals surface area contributed by atoms with E-state index in [1.54, 1.807) is 18.2 Å². The number of fused-ring (bicyclic) bond motifs is 3. The molecular formula is C13H8O3. The molecule has 0 saturated heterocycles. The Morgan fingerprint density at radius 2 is 1.69 bits per heavy atom. The van der Waals surface area contributed by atoms with Gasteiger partial charge in [0, 0.05) is 22.3 Å². The van der Waals surface area contributed by atoms with Gasteiger partial charge in [0.05, 0.1) is 0 Å². The molecule has 0 radical (unpaired) electrons. The summed E-state index contributed by atoms with van der Waals surface area (Å²) in [7, 11) is 0. The zero-order chi connectivity index (χ0) is 11.3. The van der Waals surface area contributed by atoms with Crippen LogP contribution in [0, 0.1) is 0 Å². The Labute approximate surface area is 91.6 Å². The lowest BCUT2D eigenvalue weighted by molar-refractivity contribution is 0.104. The van der Waals surface area contributed by atoms with E-state index in [0.29, 0.717) is 22.3 Å². The van der Waals surface area contributed by atoms with Gasteiger partial charge in [-0.15, -0.1) is 0 Å². The molecule has 0 saturated carbocycles. The van der Waals surface area contributed by atoms with Gasteiger partial charge in [-0.2, -0.15) is 0 Å². The van der Waals surface area contributed by atoms with E-state index in [-0.39, 0.29) is 17.3 Å². The second-order valence-corrected chi connectivity index (χ2v) is 3.76. The molecule has 0 unspecified atom stereocenters. The Morgan fingerprint density at radius 3 is 2.50 bits per heavy atom. The van der Waals surface area contributed by atoms with Gasteiger partial charge in [0.1, 0.15) is 11.5 Å². The number of phenols is 2. The van der Waals surface area contributed by atoms with Crippen LogP contribution in [0.1, 0.15) is 15.9 Å². The van der Waals surface area contributed by atoms with Gasteiger partial charge in [-0.1, -0.05) is 12.1 Å². The number of benzene rings is 2. The molecule has 0 heterocycles. The first-order valence-corrected chi connectivity index (χ1v) is 4.88. The first-order valence-electron chi connectivity index (χ1n) is 4.88. The van der Waals surface area contributed by atoms with Crippen LogP contribution < -0.4 is 0 Å². The third-order valence-electron chi connectivity index (χ3n) is 2.80. The van der Waals surface area contributed by atoms with Gasteiger partial charge < -0.3 is 10.2 Å². The van der Waals surface area contributed by atoms with Crippen molar-refractivity contribution in [3.05, 3.63) is 47.5 Å². The maximum absolute atomic E-state index is 12.0. The summed E-state index contributed by atoms with van der Waals surface area (Å²) >= 11 is 0. The third kappa shape index (κ3) is 0.997. The van der Waals surface area contributed by atoms with E-state index in [2.05, 4.69) is 0 Å². The Balaban J connectivity index is 2.43. The normalized spacial score (nSPS) is 12.4. The molecule has 16 heavy (non-hydrogen) atoms. The van der Waals surface area contributed by atoms with Gasteiger partial charge in [-0.3, -0.25) is 4.79 Å². The maximum Gasteiger partial charge on any atom is 0.194 e. The van der Waals surface area contributed by atoms with Crippen molar-refractivity contribution in [3.8, 4) is 22.6 Å². The van der Waals surface area contributed by atoms with E-state index in [4.69, 9.17) is 0 Å². The molecule has 78 valence electrons. The highest BCUT2D eigenvalue weighted by Crippen LogP contribution is 2.42. The Bertz CT molecular complexity index is 615. The fraction of sp³-hybridized carbons (Fsp3) is 0. The number of carbonyl (C=O) groups is 1. The lowest BCUT2D eigenvalue weighted by atomic mass is 10.0. The molecule has 2 N–H and O–H groups in total. The predicted octanol–water partition coefficient (Wildman–Crippen LogP) is 2.31. The lowest BCUT2D eigenvalue weighted by Gasteiger charge is -2.02. The third-order valence-corrected chi connectivity index (χ3v) is 2.80. The van der Waals surface area contributed by atoms with Gasteiger partial charge in [0.25, 0.3) is 0 Å². The maximum atomic E-state index is 12.0. The minimum atomic E-state index is -0.110. The molecule has 2 aromatic rings. The number of ketones is 1. The van der Waals surface area contributed by atoms with E-state index in [1.807, 2.05) is 0 Å². The molecule has 3 heteroatoms. The summed E-state index contributed by atoms with van der Waals surface area (Å²) in [6, 6.07) is 9.39. The fourth-order valence-electron chi connectivity index (χ4n) is 2.09. The van der Waals surface area contributed by atoms with Crippen LogP contribution in [0.5, 0.6) is 11.5 Å². The summed E-state index contributed by atoms with van der Waals surface area (Å²) in [5.74, 6) is 0.0405. The average molecular weight is 212 g/mol. The molecule has 1 aliphatic carbocycles. The molecule has 0 amide bonds. The zero-order valence-electron chi connectivity index (χ0n) is 8.27. The van der Waals surface area contributed by atoms with Crippen molar-refractivity contribution in [1.29, 1.82) is 0 Å². The molecular weight excluding hydrogens is 204 g/mol. The molecule has 3 nitrogen and oxygen atoms in total. The average Bonchev–Trinajstić information content (AvgIpc) is 2.54. The summed E-state index contributed by atoms with van der Waals surface area (Å²) in [4.78, 5) is 12.0. The van der Waals surface area contributed by atoms with Crippen molar-refractivity contribution in [3.63, 3.8) is 0 Å². The van der Waals surface area contributed by atoms with E-state index in [0.717, 1.165) is 0 Å². The number of phenolic OH excluding ortho intramolecular Hbond substituents is 2. The molecule has 0 aromatic heterocycles. The first-order chi connectivity index (χ1) is 7.68. The monoisotopic (exact) mass is 212 g/mol. The Hall–Kier alpha value is -2.29. The second kappa shape index (κ2) is 2.85. The van der Waals surface area contributed by atoms with Gasteiger partial charge in [0.2, 0.25) is 0 Å². The van der Waals surface area contributed by atoms with E-state index in [1.165, 1.54) is 18.2 Å². The number of rotatable bonds is 0. The van der Waals surface area contributed by atoms with Crippen molar-refractivity contribution in [2.45, 2.75) is 0 Å². The van der Waals surface area contributed by atoms with Crippen LogP contribution in [-0.4, -0.2) is 16.0 Å². The van der Waals surface area contributed by atoms with Crippen LogP contribution in [0.15, 0.2) is 36.4 Å². The van der Waals surface area contributed by atoms with Crippen LogP contribution in [0.4, 0.5) is 0 Å². The summed E-state index contributed by atoms with van der Waals surface area (Å²) in [6.45, 7) is 0. The quantitative estimate of drug-likeness (QED) is 0.601. The van der Waals surface area contributed by atoms with Crippen molar-refractivity contribution >= 4 is 5.78 Å². The second-order valence-electron chi connectivity index (χ2n) is 3.76.